The minimum Gasteiger partial charge on any atom is -0.492 e. The second kappa shape index (κ2) is 8.96. The average molecular weight is 374 g/mol. The van der Waals surface area contributed by atoms with Crippen molar-refractivity contribution in [3.8, 4) is 11.8 Å². The van der Waals surface area contributed by atoms with Crippen LogP contribution in [0.15, 0.2) is 18.2 Å². The van der Waals surface area contributed by atoms with Crippen LogP contribution in [0.3, 0.4) is 0 Å². The number of rotatable bonds is 7. The number of hydrogen-bond acceptors (Lipinski definition) is 5. The van der Waals surface area contributed by atoms with Crippen molar-refractivity contribution >= 4 is 11.8 Å². The largest absolute Gasteiger partial charge is 0.492 e. The average Bonchev–Trinajstić information content (AvgIpc) is 2.62. The fourth-order valence-corrected chi connectivity index (χ4v) is 3.27. The van der Waals surface area contributed by atoms with Crippen LogP contribution in [0.4, 0.5) is 10.5 Å². The van der Waals surface area contributed by atoms with Crippen molar-refractivity contribution in [3.05, 3.63) is 23.8 Å². The lowest BCUT2D eigenvalue weighted by molar-refractivity contribution is 0.0680. The van der Waals surface area contributed by atoms with Gasteiger partial charge in [-0.25, -0.2) is 4.79 Å². The van der Waals surface area contributed by atoms with Crippen LogP contribution in [0, 0.1) is 11.3 Å². The first kappa shape index (κ1) is 20.8. The van der Waals surface area contributed by atoms with Gasteiger partial charge in [0.05, 0.1) is 6.07 Å². The maximum absolute atomic E-state index is 11.1. The third-order valence-electron chi connectivity index (χ3n) is 4.80. The standard InChI is InChI=1S/C20H30N4O3/c1-5-16-12-17(22-20(3,4)14-21)6-7-18(16)27-11-10-23-8-9-24(19(25)26)15(2)13-23/h6-7,12,15,22H,5,8-11,13H2,1-4H3,(H,25,26). The predicted octanol–water partition coefficient (Wildman–Crippen LogP) is 3.03. The summed E-state index contributed by atoms with van der Waals surface area (Å²) in [5, 5.41) is 21.5. The van der Waals surface area contributed by atoms with Crippen LogP contribution < -0.4 is 10.1 Å². The van der Waals surface area contributed by atoms with Crippen molar-refractivity contribution in [1.29, 1.82) is 5.26 Å². The number of nitrogens with zero attached hydrogens (tertiary/aromatic N) is 3. The number of anilines is 1. The number of amides is 1. The zero-order chi connectivity index (χ0) is 20.0. The highest BCUT2D eigenvalue weighted by molar-refractivity contribution is 5.65. The summed E-state index contributed by atoms with van der Waals surface area (Å²) in [4.78, 5) is 14.9. The van der Waals surface area contributed by atoms with Gasteiger partial charge in [0.1, 0.15) is 17.9 Å². The van der Waals surface area contributed by atoms with Crippen molar-refractivity contribution in [3.63, 3.8) is 0 Å². The van der Waals surface area contributed by atoms with Crippen LogP contribution in [-0.2, 0) is 6.42 Å². The molecular weight excluding hydrogens is 344 g/mol. The van der Waals surface area contributed by atoms with Crippen LogP contribution in [-0.4, -0.2) is 65.4 Å². The molecular formula is C20H30N4O3. The minimum atomic E-state index is -0.848. The van der Waals surface area contributed by atoms with Gasteiger partial charge in [0.2, 0.25) is 0 Å². The number of nitrogens with one attached hydrogen (secondary N) is 1. The Bertz CT molecular complexity index is 699. The third-order valence-corrected chi connectivity index (χ3v) is 4.80. The molecule has 1 aliphatic heterocycles. The highest BCUT2D eigenvalue weighted by Crippen LogP contribution is 2.25. The zero-order valence-corrected chi connectivity index (χ0v) is 16.7. The Hall–Kier alpha value is -2.46. The number of carbonyl (C=O) groups is 1. The maximum Gasteiger partial charge on any atom is 0.407 e. The van der Waals surface area contributed by atoms with Gasteiger partial charge in [-0.05, 0) is 51.0 Å². The van der Waals surface area contributed by atoms with Crippen molar-refractivity contribution in [1.82, 2.24) is 9.80 Å². The molecule has 0 aliphatic carbocycles. The zero-order valence-electron chi connectivity index (χ0n) is 16.7. The van der Waals surface area contributed by atoms with E-state index >= 15 is 0 Å². The molecule has 0 bridgehead atoms. The summed E-state index contributed by atoms with van der Waals surface area (Å²) in [7, 11) is 0. The van der Waals surface area contributed by atoms with Gasteiger partial charge < -0.3 is 20.1 Å². The molecule has 1 aromatic carbocycles. The number of nitriles is 1. The van der Waals surface area contributed by atoms with Crippen molar-refractivity contribution in [2.75, 3.05) is 38.1 Å². The van der Waals surface area contributed by atoms with Crippen LogP contribution >= 0.6 is 0 Å². The maximum atomic E-state index is 11.1. The molecule has 1 amide bonds. The molecule has 0 aromatic heterocycles. The predicted molar refractivity (Wildman–Crippen MR) is 105 cm³/mol. The van der Waals surface area contributed by atoms with E-state index in [1.807, 2.05) is 39.0 Å². The molecule has 0 radical (unpaired) electrons. The Kier molecular flexibility index (Phi) is 6.92. The Morgan fingerprint density at radius 1 is 1.44 bits per heavy atom. The smallest absolute Gasteiger partial charge is 0.407 e. The van der Waals surface area contributed by atoms with Crippen LogP contribution in [0.1, 0.15) is 33.3 Å². The van der Waals surface area contributed by atoms with E-state index in [0.29, 0.717) is 13.2 Å². The fourth-order valence-electron chi connectivity index (χ4n) is 3.27. The summed E-state index contributed by atoms with van der Waals surface area (Å²) in [6, 6.07) is 8.14. The van der Waals surface area contributed by atoms with E-state index in [0.717, 1.165) is 43.1 Å². The lowest BCUT2D eigenvalue weighted by Crippen LogP contribution is -2.54. The van der Waals surface area contributed by atoms with Crippen molar-refractivity contribution in [2.24, 2.45) is 0 Å². The molecule has 0 spiro atoms. The molecule has 1 aliphatic rings. The highest BCUT2D eigenvalue weighted by atomic mass is 16.5. The van der Waals surface area contributed by atoms with Crippen molar-refractivity contribution < 1.29 is 14.6 Å². The van der Waals surface area contributed by atoms with Gasteiger partial charge in [-0.15, -0.1) is 0 Å². The summed E-state index contributed by atoms with van der Waals surface area (Å²) in [6.07, 6.45) is -0.00847. The van der Waals surface area contributed by atoms with E-state index < -0.39 is 11.6 Å². The first-order chi connectivity index (χ1) is 12.8. The first-order valence-corrected chi connectivity index (χ1v) is 9.43. The lowest BCUT2D eigenvalue weighted by atomic mass is 10.1. The molecule has 7 heteroatoms. The second-order valence-corrected chi connectivity index (χ2v) is 7.51. The summed E-state index contributed by atoms with van der Waals surface area (Å²) in [5.74, 6) is 0.857. The molecule has 1 unspecified atom stereocenters. The Labute approximate surface area is 161 Å². The normalized spacial score (nSPS) is 18.0. The fraction of sp³-hybridized carbons (Fsp3) is 0.600. The molecule has 2 N–H and O–H groups in total. The van der Waals surface area contributed by atoms with E-state index in [2.05, 4.69) is 23.2 Å². The Balaban J connectivity index is 1.89. The quantitative estimate of drug-likeness (QED) is 0.763. The van der Waals surface area contributed by atoms with Gasteiger partial charge >= 0.3 is 6.09 Å². The van der Waals surface area contributed by atoms with Gasteiger partial charge in [0.15, 0.2) is 0 Å². The van der Waals surface area contributed by atoms with E-state index in [9.17, 15) is 4.79 Å². The topological polar surface area (TPSA) is 88.8 Å². The molecule has 7 nitrogen and oxygen atoms in total. The molecule has 0 saturated carbocycles. The lowest BCUT2D eigenvalue weighted by Gasteiger charge is -2.38. The van der Waals surface area contributed by atoms with E-state index in [4.69, 9.17) is 15.1 Å². The van der Waals surface area contributed by atoms with E-state index in [-0.39, 0.29) is 6.04 Å². The van der Waals surface area contributed by atoms with Crippen LogP contribution in [0.5, 0.6) is 5.75 Å². The summed E-state index contributed by atoms with van der Waals surface area (Å²) >= 11 is 0. The molecule has 1 heterocycles. The van der Waals surface area contributed by atoms with Crippen LogP contribution in [0.25, 0.3) is 0 Å². The summed E-state index contributed by atoms with van der Waals surface area (Å²) < 4.78 is 5.99. The molecule has 148 valence electrons. The first-order valence-electron chi connectivity index (χ1n) is 9.43. The van der Waals surface area contributed by atoms with Gasteiger partial charge in [-0.3, -0.25) is 4.90 Å². The van der Waals surface area contributed by atoms with E-state index in [1.54, 1.807) is 0 Å². The highest BCUT2D eigenvalue weighted by Gasteiger charge is 2.26. The number of aryl methyl sites for hydroxylation is 1. The second-order valence-electron chi connectivity index (χ2n) is 7.51. The molecule has 27 heavy (non-hydrogen) atoms. The van der Waals surface area contributed by atoms with Crippen LogP contribution in [0.2, 0.25) is 0 Å². The SMILES string of the molecule is CCc1cc(NC(C)(C)C#N)ccc1OCCN1CCN(C(=O)O)C(C)C1. The monoisotopic (exact) mass is 374 g/mol. The summed E-state index contributed by atoms with van der Waals surface area (Å²) in [5.41, 5.74) is 1.38. The molecule has 2 rings (SSSR count). The molecule has 1 saturated heterocycles. The molecule has 1 fully saturated rings. The summed E-state index contributed by atoms with van der Waals surface area (Å²) in [6.45, 7) is 11.0. The molecule has 1 atom stereocenters. The Morgan fingerprint density at radius 2 is 2.19 bits per heavy atom. The third kappa shape index (κ3) is 5.76. The molecule has 1 aromatic rings. The number of ether oxygens (including phenoxy) is 1. The number of carboxylic acid groups (broad SMARTS) is 1. The van der Waals surface area contributed by atoms with Gasteiger partial charge in [0, 0.05) is 37.9 Å². The number of piperazine rings is 1. The van der Waals surface area contributed by atoms with Gasteiger partial charge in [-0.2, -0.15) is 5.26 Å². The van der Waals surface area contributed by atoms with E-state index in [1.165, 1.54) is 4.90 Å². The Morgan fingerprint density at radius 3 is 2.78 bits per heavy atom. The number of hydrogen-bond donors (Lipinski definition) is 2. The van der Waals surface area contributed by atoms with Gasteiger partial charge in [0.25, 0.3) is 0 Å². The van der Waals surface area contributed by atoms with Gasteiger partial charge in [-0.1, -0.05) is 6.92 Å². The van der Waals surface area contributed by atoms with Crippen molar-refractivity contribution in [2.45, 2.75) is 45.7 Å². The number of benzene rings is 1. The minimum absolute atomic E-state index is 0.00343.